The Labute approximate surface area is 169 Å². The largest absolute Gasteiger partial charge is 0.334 e. The molecule has 3 rings (SSSR count). The van der Waals surface area contributed by atoms with E-state index in [0.29, 0.717) is 12.1 Å². The summed E-state index contributed by atoms with van der Waals surface area (Å²) in [6.45, 7) is 2.55. The van der Waals surface area contributed by atoms with E-state index in [0.717, 1.165) is 23.8 Å². The molecule has 1 saturated heterocycles. The number of halogens is 2. The molecule has 27 heavy (non-hydrogen) atoms. The van der Waals surface area contributed by atoms with Crippen molar-refractivity contribution >= 4 is 41.8 Å². The lowest BCUT2D eigenvalue weighted by molar-refractivity contribution is 0.0583. The van der Waals surface area contributed by atoms with Gasteiger partial charge in [-0.05, 0) is 32.3 Å². The number of pyridine rings is 1. The Kier molecular flexibility index (Phi) is 7.59. The minimum atomic E-state index is -0.456. The molecule has 3 heterocycles. The Morgan fingerprint density at radius 1 is 1.22 bits per heavy atom. The molecule has 8 nitrogen and oxygen atoms in total. The first-order valence-electron chi connectivity index (χ1n) is 8.45. The van der Waals surface area contributed by atoms with Gasteiger partial charge in [0.2, 0.25) is 0 Å². The van der Waals surface area contributed by atoms with Crippen LogP contribution < -0.4 is 17.0 Å². The molecule has 1 aliphatic rings. The van der Waals surface area contributed by atoms with Gasteiger partial charge in [0.25, 0.3) is 11.5 Å². The molecule has 2 N–H and O–H groups in total. The number of piperidine rings is 1. The van der Waals surface area contributed by atoms with Crippen LogP contribution in [0.3, 0.4) is 0 Å². The van der Waals surface area contributed by atoms with Crippen LogP contribution in [0.1, 0.15) is 36.5 Å². The average molecular weight is 418 g/mol. The number of rotatable bonds is 2. The van der Waals surface area contributed by atoms with E-state index in [9.17, 15) is 14.4 Å². The van der Waals surface area contributed by atoms with Crippen LogP contribution in [0, 0.1) is 0 Å². The number of fused-ring (bicyclic) bond motifs is 1. The van der Waals surface area contributed by atoms with Crippen molar-refractivity contribution in [2.24, 2.45) is 19.8 Å². The highest BCUT2D eigenvalue weighted by atomic mass is 35.5. The summed E-state index contributed by atoms with van der Waals surface area (Å²) in [6.07, 6.45) is 4.29. The molecule has 0 aromatic carbocycles. The Bertz CT molecular complexity index is 954. The van der Waals surface area contributed by atoms with Gasteiger partial charge in [0.15, 0.2) is 0 Å². The van der Waals surface area contributed by atoms with Gasteiger partial charge in [0.1, 0.15) is 5.65 Å². The zero-order valence-electron chi connectivity index (χ0n) is 15.5. The molecule has 1 fully saturated rings. The predicted octanol–water partition coefficient (Wildman–Crippen LogP) is 0.818. The molecule has 0 aliphatic carbocycles. The lowest BCUT2D eigenvalue weighted by Crippen LogP contribution is -2.51. The number of carbonyl (C=O) groups excluding carboxylic acids is 1. The fourth-order valence-corrected chi connectivity index (χ4v) is 3.50. The van der Waals surface area contributed by atoms with Gasteiger partial charge in [-0.15, -0.1) is 24.8 Å². The van der Waals surface area contributed by atoms with Crippen LogP contribution in [0.5, 0.6) is 0 Å². The van der Waals surface area contributed by atoms with Crippen molar-refractivity contribution in [2.75, 3.05) is 6.54 Å². The number of likely N-dealkylation sites (tertiary alicyclic amines) is 1. The van der Waals surface area contributed by atoms with Crippen molar-refractivity contribution in [1.29, 1.82) is 0 Å². The number of nitrogens with zero attached hydrogens (tertiary/aromatic N) is 4. The molecular formula is C17H25Cl2N5O3. The van der Waals surface area contributed by atoms with Crippen LogP contribution in [0.15, 0.2) is 21.9 Å². The third-order valence-electron chi connectivity index (χ3n) is 4.96. The lowest BCUT2D eigenvalue weighted by atomic mass is 9.96. The number of hydrogen-bond donors (Lipinski definition) is 1. The van der Waals surface area contributed by atoms with Crippen LogP contribution in [-0.4, -0.2) is 43.6 Å². The quantitative estimate of drug-likeness (QED) is 0.778. The standard InChI is InChI=1S/C17H23N5O3.2ClH/c1-10(18)13-6-4-5-7-22(13)15(23)11-8-12-14(19-9-11)20(2)17(25)21(3)16(12)24;;/h8-10,13H,4-7,18H2,1-3H3;2*1H. The van der Waals surface area contributed by atoms with Crippen molar-refractivity contribution in [1.82, 2.24) is 19.0 Å². The highest BCUT2D eigenvalue weighted by Crippen LogP contribution is 2.22. The first-order valence-corrected chi connectivity index (χ1v) is 8.45. The number of aryl methyl sites for hydroxylation is 1. The molecule has 2 aromatic rings. The summed E-state index contributed by atoms with van der Waals surface area (Å²) >= 11 is 0. The number of nitrogens with two attached hydrogens (primary N) is 1. The van der Waals surface area contributed by atoms with E-state index >= 15 is 0 Å². The fraction of sp³-hybridized carbons (Fsp3) is 0.529. The van der Waals surface area contributed by atoms with Gasteiger partial charge in [0.05, 0.1) is 10.9 Å². The van der Waals surface area contributed by atoms with E-state index in [1.165, 1.54) is 23.9 Å². The summed E-state index contributed by atoms with van der Waals surface area (Å²) in [7, 11) is 2.96. The first kappa shape index (κ1) is 23.1. The number of aromatic nitrogens is 3. The Balaban J connectivity index is 0.00000182. The molecule has 2 unspecified atom stereocenters. The van der Waals surface area contributed by atoms with E-state index in [4.69, 9.17) is 5.73 Å². The maximum atomic E-state index is 13.0. The topological polar surface area (TPSA) is 103 Å². The van der Waals surface area contributed by atoms with Crippen molar-refractivity contribution in [2.45, 2.75) is 38.3 Å². The SMILES string of the molecule is CC(N)C1CCCCN1C(=O)c1cnc2c(c1)c(=O)n(C)c(=O)n2C.Cl.Cl. The molecule has 0 spiro atoms. The van der Waals surface area contributed by atoms with Crippen LogP contribution in [0.4, 0.5) is 0 Å². The Morgan fingerprint density at radius 2 is 1.89 bits per heavy atom. The second-order valence-corrected chi connectivity index (χ2v) is 6.72. The molecule has 150 valence electrons. The minimum absolute atomic E-state index is 0. The molecule has 0 bridgehead atoms. The summed E-state index contributed by atoms with van der Waals surface area (Å²) in [4.78, 5) is 43.3. The monoisotopic (exact) mass is 417 g/mol. The zero-order valence-corrected chi connectivity index (χ0v) is 17.2. The second kappa shape index (κ2) is 8.86. The van der Waals surface area contributed by atoms with Crippen molar-refractivity contribution < 1.29 is 4.79 Å². The Morgan fingerprint density at radius 3 is 2.52 bits per heavy atom. The molecule has 10 heteroatoms. The minimum Gasteiger partial charge on any atom is -0.334 e. The van der Waals surface area contributed by atoms with Crippen LogP contribution in [-0.2, 0) is 14.1 Å². The van der Waals surface area contributed by atoms with E-state index in [1.54, 1.807) is 11.9 Å². The molecule has 1 amide bonds. The summed E-state index contributed by atoms with van der Waals surface area (Å²) in [5.74, 6) is -0.174. The third-order valence-corrected chi connectivity index (χ3v) is 4.96. The van der Waals surface area contributed by atoms with Gasteiger partial charge in [-0.2, -0.15) is 0 Å². The third kappa shape index (κ3) is 4.02. The van der Waals surface area contributed by atoms with Crippen LogP contribution >= 0.6 is 24.8 Å². The number of amides is 1. The lowest BCUT2D eigenvalue weighted by Gasteiger charge is -2.38. The van der Waals surface area contributed by atoms with Gasteiger partial charge in [0, 0.05) is 38.9 Å². The second-order valence-electron chi connectivity index (χ2n) is 6.72. The molecular weight excluding hydrogens is 393 g/mol. The average Bonchev–Trinajstić information content (AvgIpc) is 2.63. The van der Waals surface area contributed by atoms with Crippen molar-refractivity contribution in [3.63, 3.8) is 0 Å². The van der Waals surface area contributed by atoms with E-state index in [-0.39, 0.29) is 53.8 Å². The van der Waals surface area contributed by atoms with E-state index in [2.05, 4.69) is 4.98 Å². The maximum absolute atomic E-state index is 13.0. The highest BCUT2D eigenvalue weighted by Gasteiger charge is 2.30. The Hall–Kier alpha value is -1.90. The smallest absolute Gasteiger partial charge is 0.332 e. The summed E-state index contributed by atoms with van der Waals surface area (Å²) in [5, 5.41) is 0.254. The highest BCUT2D eigenvalue weighted by molar-refractivity contribution is 5.97. The molecule has 1 aliphatic heterocycles. The van der Waals surface area contributed by atoms with Gasteiger partial charge in [-0.3, -0.25) is 18.7 Å². The number of hydrogen-bond acceptors (Lipinski definition) is 5. The van der Waals surface area contributed by atoms with Gasteiger partial charge in [-0.25, -0.2) is 9.78 Å². The van der Waals surface area contributed by atoms with Gasteiger partial charge >= 0.3 is 5.69 Å². The first-order chi connectivity index (χ1) is 11.8. The summed E-state index contributed by atoms with van der Waals surface area (Å²) in [5.41, 5.74) is 5.75. The van der Waals surface area contributed by atoms with Crippen LogP contribution in [0.2, 0.25) is 0 Å². The normalized spacial score (nSPS) is 17.8. The zero-order chi connectivity index (χ0) is 18.3. The molecule has 0 saturated carbocycles. The summed E-state index contributed by atoms with van der Waals surface area (Å²) in [6, 6.07) is 1.39. The van der Waals surface area contributed by atoms with Gasteiger partial charge in [-0.1, -0.05) is 0 Å². The summed E-state index contributed by atoms with van der Waals surface area (Å²) < 4.78 is 2.32. The van der Waals surface area contributed by atoms with E-state index < -0.39 is 11.2 Å². The molecule has 0 radical (unpaired) electrons. The van der Waals surface area contributed by atoms with Crippen molar-refractivity contribution in [3.8, 4) is 0 Å². The fourth-order valence-electron chi connectivity index (χ4n) is 3.50. The molecule has 2 atom stereocenters. The van der Waals surface area contributed by atoms with Crippen LogP contribution in [0.25, 0.3) is 11.0 Å². The number of carbonyl (C=O) groups is 1. The predicted molar refractivity (Wildman–Crippen MR) is 109 cm³/mol. The van der Waals surface area contributed by atoms with E-state index in [1.807, 2.05) is 6.92 Å². The van der Waals surface area contributed by atoms with Crippen molar-refractivity contribution in [3.05, 3.63) is 38.7 Å². The maximum Gasteiger partial charge on any atom is 0.332 e. The van der Waals surface area contributed by atoms with Gasteiger partial charge < -0.3 is 10.6 Å². The molecule has 2 aromatic heterocycles.